The van der Waals surface area contributed by atoms with Gasteiger partial charge >= 0.3 is 0 Å². The van der Waals surface area contributed by atoms with Crippen molar-refractivity contribution in [2.45, 2.75) is 0 Å². The van der Waals surface area contributed by atoms with E-state index in [9.17, 15) is 0 Å². The number of aromatic nitrogens is 2. The molecule has 1 N–H and O–H groups in total. The third-order valence-electron chi connectivity index (χ3n) is 2.89. The number of hydrogen-bond donors (Lipinski definition) is 1. The minimum atomic E-state index is 0.769. The topological polar surface area (TPSA) is 44.0 Å². The minimum absolute atomic E-state index is 0.769. The molecule has 4 heteroatoms. The zero-order valence-corrected chi connectivity index (χ0v) is 8.51. The van der Waals surface area contributed by atoms with Crippen molar-refractivity contribution < 1.29 is 0 Å². The lowest BCUT2D eigenvalue weighted by Gasteiger charge is -2.11. The van der Waals surface area contributed by atoms with Crippen LogP contribution in [0.3, 0.4) is 0 Å². The Labute approximate surface area is 92.6 Å². The Hall–Kier alpha value is -2.23. The van der Waals surface area contributed by atoms with E-state index in [1.54, 1.807) is 0 Å². The number of imidazole rings is 1. The molecule has 4 rings (SSSR count). The van der Waals surface area contributed by atoms with Gasteiger partial charge in [-0.3, -0.25) is 4.57 Å². The lowest BCUT2D eigenvalue weighted by molar-refractivity contribution is 1.04. The largest absolute Gasteiger partial charge is 0.366 e. The summed E-state index contributed by atoms with van der Waals surface area (Å²) in [6.07, 6.45) is 4.10. The van der Waals surface area contributed by atoms with Crippen molar-refractivity contribution in [3.8, 4) is 5.69 Å². The Morgan fingerprint density at radius 3 is 3.19 bits per heavy atom. The number of nitrogens with one attached hydrogen (secondary N) is 1. The quantitative estimate of drug-likeness (QED) is 0.616. The van der Waals surface area contributed by atoms with Crippen LogP contribution in [0.15, 0.2) is 30.3 Å². The molecule has 2 aromatic rings. The molecule has 77 valence electrons. The van der Waals surface area contributed by atoms with Gasteiger partial charge < -0.3 is 5.32 Å². The molecule has 2 aliphatic rings. The van der Waals surface area contributed by atoms with Crippen LogP contribution in [0.1, 0.15) is 5.69 Å². The van der Waals surface area contributed by atoms with Crippen molar-refractivity contribution in [1.82, 2.24) is 14.9 Å². The van der Waals surface area contributed by atoms with Gasteiger partial charge in [0.15, 0.2) is 0 Å². The molecule has 0 fully saturated rings. The number of rotatable bonds is 0. The van der Waals surface area contributed by atoms with Crippen LogP contribution in [0.5, 0.6) is 0 Å². The van der Waals surface area contributed by atoms with E-state index in [2.05, 4.69) is 32.3 Å². The van der Waals surface area contributed by atoms with Gasteiger partial charge in [-0.1, -0.05) is 18.2 Å². The second-order valence-electron chi connectivity index (χ2n) is 3.86. The van der Waals surface area contributed by atoms with Crippen LogP contribution in [-0.2, 0) is 0 Å². The van der Waals surface area contributed by atoms with Gasteiger partial charge in [0, 0.05) is 6.54 Å². The molecule has 0 atom stereocenters. The van der Waals surface area contributed by atoms with Crippen molar-refractivity contribution in [3.63, 3.8) is 0 Å². The predicted octanol–water partition coefficient (Wildman–Crippen LogP) is 2.19. The number of nitrogens with zero attached hydrogens (tertiary/aromatic N) is 3. The monoisotopic (exact) mass is 209 g/mol. The normalized spacial score (nSPS) is 14.8. The molecule has 0 bridgehead atoms. The second-order valence-corrected chi connectivity index (χ2v) is 3.86. The van der Waals surface area contributed by atoms with Gasteiger partial charge in [0.05, 0.1) is 11.4 Å². The van der Waals surface area contributed by atoms with Crippen molar-refractivity contribution in [2.24, 2.45) is 0 Å². The van der Waals surface area contributed by atoms with E-state index < -0.39 is 0 Å². The first-order valence-corrected chi connectivity index (χ1v) is 5.28. The highest BCUT2D eigenvalue weighted by atomic mass is 15.3. The SMILES string of the molecule is C1=Cc2nc3n(c2NC1)-c1ccccc1[N]3. The van der Waals surface area contributed by atoms with E-state index in [4.69, 9.17) is 0 Å². The van der Waals surface area contributed by atoms with Crippen LogP contribution in [0.25, 0.3) is 11.8 Å². The highest BCUT2D eigenvalue weighted by molar-refractivity contribution is 5.76. The summed E-state index contributed by atoms with van der Waals surface area (Å²) in [6.45, 7) is 0.848. The first-order valence-electron chi connectivity index (χ1n) is 5.28. The first kappa shape index (κ1) is 7.98. The first-order chi connectivity index (χ1) is 7.93. The van der Waals surface area contributed by atoms with Crippen molar-refractivity contribution in [3.05, 3.63) is 36.0 Å². The Bertz CT molecular complexity index is 609. The van der Waals surface area contributed by atoms with E-state index in [0.717, 1.165) is 35.4 Å². The van der Waals surface area contributed by atoms with Crippen molar-refractivity contribution in [2.75, 3.05) is 11.9 Å². The summed E-state index contributed by atoms with van der Waals surface area (Å²) < 4.78 is 2.08. The second kappa shape index (κ2) is 2.66. The average Bonchev–Trinajstić information content (AvgIpc) is 2.83. The zero-order chi connectivity index (χ0) is 10.5. The number of para-hydroxylation sites is 2. The summed E-state index contributed by atoms with van der Waals surface area (Å²) in [5.41, 5.74) is 3.07. The summed E-state index contributed by atoms with van der Waals surface area (Å²) >= 11 is 0. The molecule has 0 amide bonds. The maximum absolute atomic E-state index is 4.50. The smallest absolute Gasteiger partial charge is 0.237 e. The fourth-order valence-electron chi connectivity index (χ4n) is 2.20. The van der Waals surface area contributed by atoms with Gasteiger partial charge in [0.25, 0.3) is 0 Å². The highest BCUT2D eigenvalue weighted by Gasteiger charge is 2.26. The predicted molar refractivity (Wildman–Crippen MR) is 62.5 cm³/mol. The molecular formula is C12H9N4. The lowest BCUT2D eigenvalue weighted by atomic mass is 10.2. The Balaban J connectivity index is 2.03. The Kier molecular flexibility index (Phi) is 1.33. The van der Waals surface area contributed by atoms with E-state index in [1.807, 2.05) is 24.3 Å². The van der Waals surface area contributed by atoms with Crippen LogP contribution in [-0.4, -0.2) is 16.1 Å². The molecule has 16 heavy (non-hydrogen) atoms. The molecule has 1 aromatic carbocycles. The van der Waals surface area contributed by atoms with Crippen LogP contribution in [0.4, 0.5) is 17.5 Å². The fraction of sp³-hybridized carbons (Fsp3) is 0.0833. The number of anilines is 1. The van der Waals surface area contributed by atoms with E-state index in [0.29, 0.717) is 0 Å². The van der Waals surface area contributed by atoms with E-state index >= 15 is 0 Å². The number of hydrogen-bond acceptors (Lipinski definition) is 2. The van der Waals surface area contributed by atoms with Gasteiger partial charge in [0.2, 0.25) is 5.95 Å². The maximum atomic E-state index is 4.50. The van der Waals surface area contributed by atoms with Crippen LogP contribution in [0.2, 0.25) is 0 Å². The Morgan fingerprint density at radius 2 is 2.19 bits per heavy atom. The van der Waals surface area contributed by atoms with E-state index in [1.165, 1.54) is 0 Å². The summed E-state index contributed by atoms with van der Waals surface area (Å²) in [5, 5.41) is 7.84. The maximum Gasteiger partial charge on any atom is 0.237 e. The molecule has 2 aliphatic heterocycles. The van der Waals surface area contributed by atoms with Gasteiger partial charge in [-0.05, 0) is 18.2 Å². The van der Waals surface area contributed by atoms with Crippen LogP contribution >= 0.6 is 0 Å². The van der Waals surface area contributed by atoms with Gasteiger partial charge in [-0.15, -0.1) is 0 Å². The van der Waals surface area contributed by atoms with Gasteiger partial charge in [0.1, 0.15) is 11.5 Å². The molecule has 3 heterocycles. The number of fused-ring (bicyclic) bond motifs is 5. The highest BCUT2D eigenvalue weighted by Crippen LogP contribution is 2.39. The zero-order valence-electron chi connectivity index (χ0n) is 8.51. The third kappa shape index (κ3) is 0.863. The van der Waals surface area contributed by atoms with Crippen molar-refractivity contribution in [1.29, 1.82) is 0 Å². The Morgan fingerprint density at radius 1 is 1.25 bits per heavy atom. The summed E-state index contributed by atoms with van der Waals surface area (Å²) in [7, 11) is 0. The molecule has 0 unspecified atom stereocenters. The van der Waals surface area contributed by atoms with Gasteiger partial charge in [-0.25, -0.2) is 10.3 Å². The summed E-state index contributed by atoms with van der Waals surface area (Å²) in [4.78, 5) is 4.49. The summed E-state index contributed by atoms with van der Waals surface area (Å²) in [6, 6.07) is 8.09. The molecule has 1 radical (unpaired) electrons. The minimum Gasteiger partial charge on any atom is -0.366 e. The molecule has 0 saturated carbocycles. The van der Waals surface area contributed by atoms with E-state index in [-0.39, 0.29) is 0 Å². The van der Waals surface area contributed by atoms with Crippen molar-refractivity contribution >= 4 is 23.5 Å². The fourth-order valence-corrected chi connectivity index (χ4v) is 2.20. The average molecular weight is 209 g/mol. The number of benzene rings is 1. The molecule has 1 aromatic heterocycles. The van der Waals surface area contributed by atoms with Gasteiger partial charge in [-0.2, -0.15) is 0 Å². The van der Waals surface area contributed by atoms with Crippen LogP contribution in [0, 0.1) is 0 Å². The molecule has 0 spiro atoms. The van der Waals surface area contributed by atoms with Crippen LogP contribution < -0.4 is 10.6 Å². The summed E-state index contributed by atoms with van der Waals surface area (Å²) in [5.74, 6) is 1.82. The third-order valence-corrected chi connectivity index (χ3v) is 2.89. The molecular weight excluding hydrogens is 200 g/mol. The standard InChI is InChI=1S/C12H9N4/c1-2-6-10-8(4-1)14-12-15-9-5-3-7-13-11(9)16(10)12/h1-6,13H,7H2. The molecule has 0 saturated heterocycles. The molecule has 4 nitrogen and oxygen atoms in total. The lowest BCUT2D eigenvalue weighted by Crippen LogP contribution is -2.07. The molecule has 0 aliphatic carbocycles.